The number of nitrogens with zero attached hydrogens (tertiary/aromatic N) is 2. The molecule has 142 valence electrons. The van der Waals surface area contributed by atoms with E-state index in [0.29, 0.717) is 23.4 Å². The SMILES string of the molecule is CCN(C)C(=O)COCCN(C)S(=O)(=O)c1c(C)cc(OC)cc1C. The van der Waals surface area contributed by atoms with Crippen LogP contribution < -0.4 is 4.74 Å². The highest BCUT2D eigenvalue weighted by molar-refractivity contribution is 7.89. The summed E-state index contributed by atoms with van der Waals surface area (Å²) >= 11 is 0. The lowest BCUT2D eigenvalue weighted by molar-refractivity contribution is -0.134. The van der Waals surface area contributed by atoms with Crippen LogP contribution in [0.15, 0.2) is 17.0 Å². The Morgan fingerprint density at radius 3 is 2.20 bits per heavy atom. The minimum absolute atomic E-state index is 0.0567. The maximum atomic E-state index is 12.8. The van der Waals surface area contributed by atoms with Crippen LogP contribution in [0.5, 0.6) is 5.75 Å². The molecule has 0 bridgehead atoms. The van der Waals surface area contributed by atoms with Gasteiger partial charge in [-0.25, -0.2) is 8.42 Å². The lowest BCUT2D eigenvalue weighted by atomic mass is 10.1. The molecule has 0 aliphatic carbocycles. The summed E-state index contributed by atoms with van der Waals surface area (Å²) in [6, 6.07) is 3.40. The summed E-state index contributed by atoms with van der Waals surface area (Å²) in [7, 11) is 1.09. The minimum atomic E-state index is -3.64. The van der Waals surface area contributed by atoms with E-state index in [0.717, 1.165) is 0 Å². The highest BCUT2D eigenvalue weighted by Gasteiger charge is 2.25. The number of hydrogen-bond donors (Lipinski definition) is 0. The summed E-state index contributed by atoms with van der Waals surface area (Å²) in [6.07, 6.45) is 0. The lowest BCUT2D eigenvalue weighted by Gasteiger charge is -2.21. The van der Waals surface area contributed by atoms with Crippen molar-refractivity contribution in [1.29, 1.82) is 0 Å². The Hall–Kier alpha value is -1.64. The van der Waals surface area contributed by atoms with Gasteiger partial charge in [0, 0.05) is 27.2 Å². The Morgan fingerprint density at radius 1 is 1.16 bits per heavy atom. The van der Waals surface area contributed by atoms with Crippen LogP contribution in [-0.4, -0.2) is 71.0 Å². The third-order valence-corrected chi connectivity index (χ3v) is 6.18. The Labute approximate surface area is 150 Å². The molecule has 1 aromatic carbocycles. The van der Waals surface area contributed by atoms with E-state index >= 15 is 0 Å². The number of rotatable bonds is 9. The lowest BCUT2D eigenvalue weighted by Crippen LogP contribution is -2.33. The van der Waals surface area contributed by atoms with E-state index in [1.165, 1.54) is 11.4 Å². The van der Waals surface area contributed by atoms with Crippen molar-refractivity contribution in [2.75, 3.05) is 47.5 Å². The van der Waals surface area contributed by atoms with Gasteiger partial charge in [-0.1, -0.05) is 0 Å². The number of sulfonamides is 1. The molecule has 0 fully saturated rings. The zero-order valence-electron chi connectivity index (χ0n) is 15.8. The van der Waals surface area contributed by atoms with Crippen LogP contribution in [-0.2, 0) is 19.6 Å². The number of likely N-dealkylation sites (N-methyl/N-ethyl adjacent to an activating group) is 2. The zero-order valence-corrected chi connectivity index (χ0v) is 16.6. The van der Waals surface area contributed by atoms with Gasteiger partial charge < -0.3 is 14.4 Å². The second kappa shape index (κ2) is 9.17. The molecule has 25 heavy (non-hydrogen) atoms. The number of methoxy groups -OCH3 is 1. The second-order valence-corrected chi connectivity index (χ2v) is 7.86. The first-order valence-electron chi connectivity index (χ1n) is 8.08. The van der Waals surface area contributed by atoms with E-state index < -0.39 is 10.0 Å². The summed E-state index contributed by atoms with van der Waals surface area (Å²) < 4.78 is 37.3. The van der Waals surface area contributed by atoms with Crippen LogP contribution in [0.3, 0.4) is 0 Å². The normalized spacial score (nSPS) is 11.6. The minimum Gasteiger partial charge on any atom is -0.497 e. The molecule has 0 spiro atoms. The maximum Gasteiger partial charge on any atom is 0.248 e. The Morgan fingerprint density at radius 2 is 1.72 bits per heavy atom. The van der Waals surface area contributed by atoms with Crippen LogP contribution >= 0.6 is 0 Å². The molecule has 0 atom stereocenters. The van der Waals surface area contributed by atoms with E-state index in [2.05, 4.69) is 0 Å². The van der Waals surface area contributed by atoms with Crippen molar-refractivity contribution in [1.82, 2.24) is 9.21 Å². The van der Waals surface area contributed by atoms with Crippen molar-refractivity contribution in [3.8, 4) is 5.75 Å². The number of hydrogen-bond acceptors (Lipinski definition) is 5. The molecule has 0 aliphatic heterocycles. The number of aryl methyl sites for hydroxylation is 2. The van der Waals surface area contributed by atoms with Gasteiger partial charge in [0.25, 0.3) is 0 Å². The van der Waals surface area contributed by atoms with E-state index in [4.69, 9.17) is 9.47 Å². The topological polar surface area (TPSA) is 76.2 Å². The van der Waals surface area contributed by atoms with Gasteiger partial charge in [0.2, 0.25) is 15.9 Å². The molecule has 0 saturated carbocycles. The predicted octanol–water partition coefficient (Wildman–Crippen LogP) is 1.43. The van der Waals surface area contributed by atoms with Crippen molar-refractivity contribution >= 4 is 15.9 Å². The first kappa shape index (κ1) is 21.4. The van der Waals surface area contributed by atoms with Gasteiger partial charge in [-0.15, -0.1) is 0 Å². The molecule has 0 heterocycles. The van der Waals surface area contributed by atoms with Gasteiger partial charge >= 0.3 is 0 Å². The fourth-order valence-corrected chi connectivity index (χ4v) is 3.91. The molecule has 1 rings (SSSR count). The number of amides is 1. The molecule has 1 amide bonds. The monoisotopic (exact) mass is 372 g/mol. The molecule has 0 aromatic heterocycles. The summed E-state index contributed by atoms with van der Waals surface area (Å²) in [5.74, 6) is 0.494. The van der Waals surface area contributed by atoms with Crippen LogP contribution in [0.2, 0.25) is 0 Å². The van der Waals surface area contributed by atoms with Crippen molar-refractivity contribution in [3.05, 3.63) is 23.3 Å². The van der Waals surface area contributed by atoms with Crippen LogP contribution in [0.1, 0.15) is 18.1 Å². The Balaban J connectivity index is 2.75. The van der Waals surface area contributed by atoms with Gasteiger partial charge in [-0.05, 0) is 44.0 Å². The number of carbonyl (C=O) groups excluding carboxylic acids is 1. The second-order valence-electron chi connectivity index (χ2n) is 5.88. The number of carbonyl (C=O) groups is 1. The molecule has 1 aromatic rings. The standard InChI is InChI=1S/C17H28N2O5S/c1-7-18(4)16(20)12-24-9-8-19(5)25(21,22)17-13(2)10-15(23-6)11-14(17)3/h10-11H,7-9,12H2,1-6H3. The van der Waals surface area contributed by atoms with E-state index in [1.807, 2.05) is 6.92 Å². The fraction of sp³-hybridized carbons (Fsp3) is 0.588. The molecule has 0 unspecified atom stereocenters. The van der Waals surface area contributed by atoms with Crippen molar-refractivity contribution in [2.45, 2.75) is 25.7 Å². The quantitative estimate of drug-likeness (QED) is 0.613. The van der Waals surface area contributed by atoms with Crippen molar-refractivity contribution in [3.63, 3.8) is 0 Å². The molecule has 0 aliphatic rings. The zero-order chi connectivity index (χ0) is 19.2. The highest BCUT2D eigenvalue weighted by atomic mass is 32.2. The predicted molar refractivity (Wildman–Crippen MR) is 96.4 cm³/mol. The van der Waals surface area contributed by atoms with Crippen molar-refractivity contribution in [2.24, 2.45) is 0 Å². The Kier molecular flexibility index (Phi) is 7.85. The van der Waals surface area contributed by atoms with E-state index in [9.17, 15) is 13.2 Å². The molecule has 0 N–H and O–H groups in total. The highest BCUT2D eigenvalue weighted by Crippen LogP contribution is 2.27. The fourth-order valence-electron chi connectivity index (χ4n) is 2.35. The summed E-state index contributed by atoms with van der Waals surface area (Å²) in [4.78, 5) is 13.5. The summed E-state index contributed by atoms with van der Waals surface area (Å²) in [6.45, 7) is 6.21. The number of ether oxygens (including phenoxy) is 2. The molecular weight excluding hydrogens is 344 g/mol. The van der Waals surface area contributed by atoms with Gasteiger partial charge in [0.1, 0.15) is 12.4 Å². The molecule has 7 nitrogen and oxygen atoms in total. The first-order chi connectivity index (χ1) is 11.6. The van der Waals surface area contributed by atoms with Crippen molar-refractivity contribution < 1.29 is 22.7 Å². The first-order valence-corrected chi connectivity index (χ1v) is 9.52. The third-order valence-electron chi connectivity index (χ3n) is 4.01. The van der Waals surface area contributed by atoms with Crippen LogP contribution in [0, 0.1) is 13.8 Å². The summed E-state index contributed by atoms with van der Waals surface area (Å²) in [5, 5.41) is 0. The molecular formula is C17H28N2O5S. The Bertz CT molecular complexity index is 680. The van der Waals surface area contributed by atoms with Gasteiger partial charge in [0.05, 0.1) is 18.6 Å². The van der Waals surface area contributed by atoms with Gasteiger partial charge in [-0.3, -0.25) is 4.79 Å². The maximum absolute atomic E-state index is 12.8. The van der Waals surface area contributed by atoms with Crippen LogP contribution in [0.4, 0.5) is 0 Å². The molecule has 8 heteroatoms. The third kappa shape index (κ3) is 5.42. The largest absolute Gasteiger partial charge is 0.497 e. The average Bonchev–Trinajstić information content (AvgIpc) is 2.56. The molecule has 0 radical (unpaired) electrons. The molecule has 0 saturated heterocycles. The van der Waals surface area contributed by atoms with Gasteiger partial charge in [0.15, 0.2) is 0 Å². The van der Waals surface area contributed by atoms with E-state index in [1.54, 1.807) is 45.0 Å². The smallest absolute Gasteiger partial charge is 0.248 e. The summed E-state index contributed by atoms with van der Waals surface area (Å²) in [5.41, 5.74) is 1.26. The average molecular weight is 372 g/mol. The van der Waals surface area contributed by atoms with E-state index in [-0.39, 0.29) is 30.6 Å². The van der Waals surface area contributed by atoms with Crippen LogP contribution in [0.25, 0.3) is 0 Å². The van der Waals surface area contributed by atoms with Gasteiger partial charge in [-0.2, -0.15) is 4.31 Å². The number of benzene rings is 1.